The Morgan fingerprint density at radius 2 is 0.912 bits per heavy atom. The van der Waals surface area contributed by atoms with Crippen molar-refractivity contribution in [2.24, 2.45) is 0 Å². The zero-order chi connectivity index (χ0) is 49.5. The molecule has 2 aliphatic rings. The first-order valence-corrected chi connectivity index (χ1v) is 27.4. The minimum atomic E-state index is -1.70. The van der Waals surface area contributed by atoms with Gasteiger partial charge in [-0.1, -0.05) is 186 Å². The average molecular weight is 973 g/mol. The van der Waals surface area contributed by atoms with Gasteiger partial charge in [0, 0.05) is 13.0 Å². The molecule has 7 N–H and O–H groups in total. The summed E-state index contributed by atoms with van der Waals surface area (Å²) >= 11 is 0. The van der Waals surface area contributed by atoms with E-state index >= 15 is 0 Å². The summed E-state index contributed by atoms with van der Waals surface area (Å²) in [5.41, 5.74) is 0. The number of aliphatic hydroxyl groups is 7. The zero-order valence-corrected chi connectivity index (χ0v) is 42.6. The van der Waals surface area contributed by atoms with Gasteiger partial charge in [0.25, 0.3) is 0 Å². The summed E-state index contributed by atoms with van der Waals surface area (Å²) in [5, 5.41) is 72.2. The predicted molar refractivity (Wildman–Crippen MR) is 266 cm³/mol. The second kappa shape index (κ2) is 42.0. The van der Waals surface area contributed by atoms with Crippen molar-refractivity contribution in [3.63, 3.8) is 0 Å². The summed E-state index contributed by atoms with van der Waals surface area (Å²) in [6.45, 7) is 3.69. The van der Waals surface area contributed by atoms with E-state index in [9.17, 15) is 40.5 Å². The van der Waals surface area contributed by atoms with Crippen molar-refractivity contribution in [3.8, 4) is 0 Å². The van der Waals surface area contributed by atoms with Crippen LogP contribution in [0.1, 0.15) is 213 Å². The Bertz CT molecular complexity index is 1220. The van der Waals surface area contributed by atoms with Crippen LogP contribution in [0.5, 0.6) is 0 Å². The van der Waals surface area contributed by atoms with Crippen LogP contribution >= 0.6 is 0 Å². The molecule has 0 aliphatic carbocycles. The molecule has 0 spiro atoms. The number of unbranched alkanes of at least 4 members (excludes halogenated alkanes) is 26. The first kappa shape index (κ1) is 62.6. The topological polar surface area (TPSA) is 214 Å². The highest BCUT2D eigenvalue weighted by Gasteiger charge is 2.47. The molecule has 0 aromatic rings. The lowest BCUT2D eigenvalue weighted by atomic mass is 9.98. The fraction of sp³-hybridized carbons (Fsp3) is 0.907. The smallest absolute Gasteiger partial charge is 0.306 e. The summed E-state index contributed by atoms with van der Waals surface area (Å²) in [7, 11) is 0. The van der Waals surface area contributed by atoms with Crippen LogP contribution in [0, 0.1) is 0 Å². The van der Waals surface area contributed by atoms with Gasteiger partial charge in [-0.15, -0.1) is 0 Å². The summed E-state index contributed by atoms with van der Waals surface area (Å²) < 4.78 is 34.3. The SMILES string of the molecule is CCCCCC/C=C\C/C=C\CCCCCCCCCCOCC(COC1OC(COC2OC(CO)C(O)C(O)C2O)C(O)C(O)C1O)OC(=O)CCCCCCCCCCCCCCCCC. The number of hydrogen-bond donors (Lipinski definition) is 7. The van der Waals surface area contributed by atoms with Crippen LogP contribution in [0.25, 0.3) is 0 Å². The summed E-state index contributed by atoms with van der Waals surface area (Å²) in [5.74, 6) is -0.375. The molecule has 2 fully saturated rings. The Hall–Kier alpha value is -1.53. The quantitative estimate of drug-likeness (QED) is 0.0173. The summed E-state index contributed by atoms with van der Waals surface area (Å²) in [6.07, 6.45) is 29.5. The van der Waals surface area contributed by atoms with Gasteiger partial charge in [-0.3, -0.25) is 4.79 Å². The molecule has 68 heavy (non-hydrogen) atoms. The lowest BCUT2D eigenvalue weighted by molar-refractivity contribution is -0.332. The molecule has 14 nitrogen and oxygen atoms in total. The molecular weight excluding hydrogens is 873 g/mol. The highest BCUT2D eigenvalue weighted by molar-refractivity contribution is 5.69. The van der Waals surface area contributed by atoms with E-state index in [0.29, 0.717) is 13.0 Å². The molecule has 2 heterocycles. The van der Waals surface area contributed by atoms with Gasteiger partial charge in [-0.25, -0.2) is 0 Å². The van der Waals surface area contributed by atoms with Crippen LogP contribution in [0.4, 0.5) is 0 Å². The maximum atomic E-state index is 13.0. The van der Waals surface area contributed by atoms with Crippen LogP contribution in [0.2, 0.25) is 0 Å². The summed E-state index contributed by atoms with van der Waals surface area (Å²) in [6, 6.07) is 0. The van der Waals surface area contributed by atoms with Gasteiger partial charge in [0.05, 0.1) is 26.4 Å². The van der Waals surface area contributed by atoms with E-state index in [2.05, 4.69) is 38.2 Å². The Labute approximate surface area is 411 Å². The molecule has 2 saturated heterocycles. The Morgan fingerprint density at radius 1 is 0.485 bits per heavy atom. The fourth-order valence-corrected chi connectivity index (χ4v) is 8.73. The number of rotatable bonds is 44. The van der Waals surface area contributed by atoms with Gasteiger partial charge in [0.1, 0.15) is 54.9 Å². The average Bonchev–Trinajstić information content (AvgIpc) is 3.33. The Morgan fingerprint density at radius 3 is 1.43 bits per heavy atom. The van der Waals surface area contributed by atoms with E-state index in [-0.39, 0.29) is 25.6 Å². The molecule has 0 bridgehead atoms. The molecule has 11 atom stereocenters. The largest absolute Gasteiger partial charge is 0.457 e. The maximum Gasteiger partial charge on any atom is 0.306 e. The fourth-order valence-electron chi connectivity index (χ4n) is 8.73. The van der Waals surface area contributed by atoms with Crippen LogP contribution in [-0.4, -0.2) is 142 Å². The first-order valence-electron chi connectivity index (χ1n) is 27.4. The molecule has 0 amide bonds. The van der Waals surface area contributed by atoms with Gasteiger partial charge in [-0.2, -0.15) is 0 Å². The van der Waals surface area contributed by atoms with Crippen molar-refractivity contribution < 1.29 is 69.0 Å². The molecule has 0 saturated carbocycles. The van der Waals surface area contributed by atoms with Crippen LogP contribution in [-0.2, 0) is 33.2 Å². The lowest BCUT2D eigenvalue weighted by Crippen LogP contribution is -2.61. The number of esters is 1. The highest BCUT2D eigenvalue weighted by Crippen LogP contribution is 2.26. The van der Waals surface area contributed by atoms with Crippen molar-refractivity contribution in [2.45, 2.75) is 280 Å². The molecule has 0 aromatic heterocycles. The van der Waals surface area contributed by atoms with E-state index in [1.165, 1.54) is 135 Å². The first-order chi connectivity index (χ1) is 33.1. The molecular formula is C54H100O14. The molecule has 11 unspecified atom stereocenters. The molecule has 14 heteroatoms. The third-order valence-corrected chi connectivity index (χ3v) is 13.2. The minimum absolute atomic E-state index is 0.0615. The number of allylic oxidation sites excluding steroid dienone is 4. The molecule has 0 aromatic carbocycles. The van der Waals surface area contributed by atoms with E-state index < -0.39 is 80.7 Å². The van der Waals surface area contributed by atoms with E-state index in [1.54, 1.807) is 0 Å². The van der Waals surface area contributed by atoms with Crippen molar-refractivity contribution >= 4 is 5.97 Å². The van der Waals surface area contributed by atoms with Crippen LogP contribution in [0.3, 0.4) is 0 Å². The van der Waals surface area contributed by atoms with Crippen molar-refractivity contribution in [2.75, 3.05) is 33.0 Å². The maximum absolute atomic E-state index is 13.0. The predicted octanol–water partition coefficient (Wildman–Crippen LogP) is 8.80. The molecule has 2 aliphatic heterocycles. The third kappa shape index (κ3) is 29.1. The van der Waals surface area contributed by atoms with Crippen LogP contribution in [0.15, 0.2) is 24.3 Å². The van der Waals surface area contributed by atoms with E-state index in [4.69, 9.17) is 28.4 Å². The van der Waals surface area contributed by atoms with Gasteiger partial charge in [-0.05, 0) is 44.9 Å². The molecule has 0 radical (unpaired) electrons. The van der Waals surface area contributed by atoms with Crippen molar-refractivity contribution in [1.82, 2.24) is 0 Å². The van der Waals surface area contributed by atoms with Crippen molar-refractivity contribution in [1.29, 1.82) is 0 Å². The van der Waals surface area contributed by atoms with E-state index in [1.807, 2.05) is 0 Å². The second-order valence-electron chi connectivity index (χ2n) is 19.4. The number of carbonyl (C=O) groups excluding carboxylic acids is 1. The Balaban J connectivity index is 1.74. The van der Waals surface area contributed by atoms with Gasteiger partial charge in [0.2, 0.25) is 0 Å². The molecule has 400 valence electrons. The Kier molecular flexibility index (Phi) is 38.7. The standard InChI is InChI=1S/C54H100O14/c1-3-5-7-9-11-13-15-17-19-20-21-22-24-26-28-30-32-34-36-38-63-40-43(66-46(56)37-35-33-31-29-27-25-23-18-16-14-12-10-8-6-4-2)41-64-53-52(62)50(60)48(58)45(68-53)42-65-54-51(61)49(59)47(57)44(39-55)67-54/h13,15,19-20,43-45,47-55,57-62H,3-12,14,16-18,21-42H2,1-2H3/b15-13-,20-19-. The van der Waals surface area contributed by atoms with Gasteiger partial charge in [0.15, 0.2) is 12.6 Å². The van der Waals surface area contributed by atoms with Gasteiger partial charge < -0.3 is 64.2 Å². The monoisotopic (exact) mass is 973 g/mol. The number of carbonyl (C=O) groups is 1. The highest BCUT2D eigenvalue weighted by atomic mass is 16.7. The molecule has 2 rings (SSSR count). The zero-order valence-electron chi connectivity index (χ0n) is 42.6. The number of ether oxygens (including phenoxy) is 6. The minimum Gasteiger partial charge on any atom is -0.457 e. The van der Waals surface area contributed by atoms with Gasteiger partial charge >= 0.3 is 5.97 Å². The third-order valence-electron chi connectivity index (χ3n) is 13.2. The van der Waals surface area contributed by atoms with E-state index in [0.717, 1.165) is 51.4 Å². The van der Waals surface area contributed by atoms with Crippen LogP contribution < -0.4 is 0 Å². The lowest BCUT2D eigenvalue weighted by Gasteiger charge is -2.42. The normalized spacial score (nSPS) is 26.0. The van der Waals surface area contributed by atoms with Crippen molar-refractivity contribution in [3.05, 3.63) is 24.3 Å². The summed E-state index contributed by atoms with van der Waals surface area (Å²) in [4.78, 5) is 13.0. The second-order valence-corrected chi connectivity index (χ2v) is 19.4. The number of hydrogen-bond acceptors (Lipinski definition) is 14. The number of aliphatic hydroxyl groups excluding tert-OH is 7.